The average Bonchev–Trinajstić information content (AvgIpc) is 3.26. The third-order valence-electron chi connectivity index (χ3n) is 5.45. The number of rotatable bonds is 2. The largest absolute Gasteiger partial charge is 0.379 e. The van der Waals surface area contributed by atoms with E-state index in [0.29, 0.717) is 6.04 Å². The molecule has 4 heterocycles. The first-order valence-corrected chi connectivity index (χ1v) is 9.42. The van der Waals surface area contributed by atoms with E-state index in [9.17, 15) is 4.79 Å². The summed E-state index contributed by atoms with van der Waals surface area (Å²) in [5.74, 6) is 0.178. The van der Waals surface area contributed by atoms with Crippen LogP contribution >= 0.6 is 11.3 Å². The molecular weight excluding hydrogens is 312 g/mol. The van der Waals surface area contributed by atoms with Crippen LogP contribution in [-0.2, 0) is 9.47 Å². The van der Waals surface area contributed by atoms with Gasteiger partial charge in [-0.1, -0.05) is 6.07 Å². The van der Waals surface area contributed by atoms with Crippen LogP contribution in [0, 0.1) is 0 Å². The average molecular weight is 336 g/mol. The maximum absolute atomic E-state index is 12.4. The number of carbonyl (C=O) groups is 1. The molecule has 0 radical (unpaired) electrons. The first-order valence-electron chi connectivity index (χ1n) is 8.54. The van der Waals surface area contributed by atoms with Gasteiger partial charge in [0.15, 0.2) is 0 Å². The molecule has 1 unspecified atom stereocenters. The number of thiophene rings is 1. The van der Waals surface area contributed by atoms with Gasteiger partial charge in [0, 0.05) is 32.2 Å². The van der Waals surface area contributed by atoms with Gasteiger partial charge in [-0.05, 0) is 30.7 Å². The van der Waals surface area contributed by atoms with Crippen molar-refractivity contribution >= 4 is 17.2 Å². The predicted molar refractivity (Wildman–Crippen MR) is 88.9 cm³/mol. The van der Waals surface area contributed by atoms with Crippen molar-refractivity contribution in [2.24, 2.45) is 0 Å². The van der Waals surface area contributed by atoms with E-state index in [0.717, 1.165) is 70.1 Å². The van der Waals surface area contributed by atoms with Gasteiger partial charge in [0.2, 0.25) is 0 Å². The fraction of sp³-hybridized carbons (Fsp3) is 0.706. The van der Waals surface area contributed by atoms with Gasteiger partial charge in [-0.2, -0.15) is 0 Å². The minimum absolute atomic E-state index is 0.00476. The Hall–Kier alpha value is -0.950. The van der Waals surface area contributed by atoms with Crippen molar-refractivity contribution in [2.75, 3.05) is 46.0 Å². The van der Waals surface area contributed by atoms with Gasteiger partial charge in [-0.25, -0.2) is 0 Å². The van der Waals surface area contributed by atoms with Crippen LogP contribution in [0.25, 0.3) is 0 Å². The summed E-state index contributed by atoms with van der Waals surface area (Å²) in [4.78, 5) is 17.8. The molecule has 1 aromatic rings. The Kier molecular flexibility index (Phi) is 4.41. The van der Waals surface area contributed by atoms with Crippen LogP contribution in [0.15, 0.2) is 17.5 Å². The van der Waals surface area contributed by atoms with Crippen LogP contribution in [0.5, 0.6) is 0 Å². The van der Waals surface area contributed by atoms with Crippen molar-refractivity contribution in [1.82, 2.24) is 9.80 Å². The molecule has 0 N–H and O–H groups in total. The molecule has 126 valence electrons. The Bertz CT molecular complexity index is 534. The maximum Gasteiger partial charge on any atom is 0.263 e. The molecule has 23 heavy (non-hydrogen) atoms. The van der Waals surface area contributed by atoms with Crippen molar-refractivity contribution in [1.29, 1.82) is 0 Å². The Labute approximate surface area is 141 Å². The van der Waals surface area contributed by atoms with Gasteiger partial charge in [0.1, 0.15) is 0 Å². The predicted octanol–water partition coefficient (Wildman–Crippen LogP) is 1.84. The smallest absolute Gasteiger partial charge is 0.263 e. The van der Waals surface area contributed by atoms with Gasteiger partial charge < -0.3 is 14.4 Å². The number of morpholine rings is 1. The molecule has 3 aliphatic rings. The van der Waals surface area contributed by atoms with Gasteiger partial charge in [-0.3, -0.25) is 9.69 Å². The van der Waals surface area contributed by atoms with Crippen LogP contribution in [0.4, 0.5) is 0 Å². The lowest BCUT2D eigenvalue weighted by Gasteiger charge is -2.39. The summed E-state index contributed by atoms with van der Waals surface area (Å²) < 4.78 is 11.7. The topological polar surface area (TPSA) is 42.0 Å². The monoisotopic (exact) mass is 336 g/mol. The summed E-state index contributed by atoms with van der Waals surface area (Å²) in [6.07, 6.45) is 3.03. The van der Waals surface area contributed by atoms with E-state index in [2.05, 4.69) is 4.90 Å². The molecule has 1 atom stereocenters. The molecule has 1 aromatic heterocycles. The Morgan fingerprint density at radius 2 is 2.00 bits per heavy atom. The highest BCUT2D eigenvalue weighted by Gasteiger charge is 2.45. The lowest BCUT2D eigenvalue weighted by Crippen LogP contribution is -2.48. The van der Waals surface area contributed by atoms with Crippen LogP contribution in [0.1, 0.15) is 28.9 Å². The number of nitrogens with zero attached hydrogens (tertiary/aromatic N) is 2. The fourth-order valence-corrected chi connectivity index (χ4v) is 4.71. The third kappa shape index (κ3) is 3.18. The fourth-order valence-electron chi connectivity index (χ4n) is 4.02. The number of amides is 1. The van der Waals surface area contributed by atoms with E-state index in [1.807, 2.05) is 22.4 Å². The first kappa shape index (κ1) is 15.6. The molecule has 3 fully saturated rings. The molecule has 0 saturated carbocycles. The van der Waals surface area contributed by atoms with Crippen LogP contribution in [0.2, 0.25) is 0 Å². The van der Waals surface area contributed by atoms with Gasteiger partial charge >= 0.3 is 0 Å². The van der Waals surface area contributed by atoms with Crippen LogP contribution in [-0.4, -0.2) is 73.3 Å². The van der Waals surface area contributed by atoms with E-state index >= 15 is 0 Å². The summed E-state index contributed by atoms with van der Waals surface area (Å²) in [6, 6.07) is 4.38. The standard InChI is InChI=1S/C17H24N2O3S/c20-16(15-2-1-11-23-15)19-5-3-17(4-6-19)12-14(13-22-17)18-7-9-21-10-8-18/h1-2,11,14H,3-10,12-13H2. The van der Waals surface area contributed by atoms with Gasteiger partial charge in [0.25, 0.3) is 5.91 Å². The zero-order valence-corrected chi connectivity index (χ0v) is 14.2. The molecule has 0 aliphatic carbocycles. The van der Waals surface area contributed by atoms with Crippen LogP contribution < -0.4 is 0 Å². The number of hydrogen-bond donors (Lipinski definition) is 0. The molecule has 3 aliphatic heterocycles. The summed E-state index contributed by atoms with van der Waals surface area (Å²) in [6.45, 7) is 6.18. The third-order valence-corrected chi connectivity index (χ3v) is 6.30. The lowest BCUT2D eigenvalue weighted by atomic mass is 9.87. The first-order chi connectivity index (χ1) is 11.3. The summed E-state index contributed by atoms with van der Waals surface area (Å²) in [7, 11) is 0. The van der Waals surface area contributed by atoms with Crippen molar-refractivity contribution < 1.29 is 14.3 Å². The number of carbonyl (C=O) groups excluding carboxylic acids is 1. The highest BCUT2D eigenvalue weighted by atomic mass is 32.1. The van der Waals surface area contributed by atoms with Gasteiger partial charge in [-0.15, -0.1) is 11.3 Å². The second-order valence-corrected chi connectivity index (χ2v) is 7.72. The molecule has 1 amide bonds. The van der Waals surface area contributed by atoms with Crippen molar-refractivity contribution in [2.45, 2.75) is 30.9 Å². The quantitative estimate of drug-likeness (QED) is 0.826. The highest BCUT2D eigenvalue weighted by molar-refractivity contribution is 7.12. The van der Waals surface area contributed by atoms with Crippen molar-refractivity contribution in [3.05, 3.63) is 22.4 Å². The second-order valence-electron chi connectivity index (χ2n) is 6.77. The number of likely N-dealkylation sites (tertiary alicyclic amines) is 1. The molecule has 6 heteroatoms. The molecule has 3 saturated heterocycles. The Balaban J connectivity index is 1.33. The Morgan fingerprint density at radius 3 is 2.70 bits per heavy atom. The minimum atomic E-state index is -0.00476. The minimum Gasteiger partial charge on any atom is -0.379 e. The van der Waals surface area contributed by atoms with Crippen molar-refractivity contribution in [3.63, 3.8) is 0 Å². The van der Waals surface area contributed by atoms with Crippen LogP contribution in [0.3, 0.4) is 0 Å². The SMILES string of the molecule is O=C(c1cccs1)N1CCC2(CC1)CC(N1CCOCC1)CO2. The molecule has 5 nitrogen and oxygen atoms in total. The normalized spacial score (nSPS) is 28.3. The van der Waals surface area contributed by atoms with Crippen molar-refractivity contribution in [3.8, 4) is 0 Å². The van der Waals surface area contributed by atoms with E-state index in [1.165, 1.54) is 11.3 Å². The second kappa shape index (κ2) is 6.51. The molecule has 0 aromatic carbocycles. The Morgan fingerprint density at radius 1 is 1.22 bits per heavy atom. The molecule has 0 bridgehead atoms. The summed E-state index contributed by atoms with van der Waals surface area (Å²) >= 11 is 1.53. The molecule has 1 spiro atoms. The van der Waals surface area contributed by atoms with E-state index in [-0.39, 0.29) is 11.5 Å². The molecular formula is C17H24N2O3S. The number of ether oxygens (including phenoxy) is 2. The summed E-state index contributed by atoms with van der Waals surface area (Å²) in [5, 5.41) is 1.96. The van der Waals surface area contributed by atoms with E-state index in [1.54, 1.807) is 0 Å². The zero-order chi connectivity index (χ0) is 15.7. The van der Waals surface area contributed by atoms with E-state index < -0.39 is 0 Å². The lowest BCUT2D eigenvalue weighted by molar-refractivity contribution is -0.0400. The number of piperidine rings is 1. The number of hydrogen-bond acceptors (Lipinski definition) is 5. The maximum atomic E-state index is 12.4. The highest BCUT2D eigenvalue weighted by Crippen LogP contribution is 2.38. The summed E-state index contributed by atoms with van der Waals surface area (Å²) in [5.41, 5.74) is -0.00476. The zero-order valence-electron chi connectivity index (χ0n) is 13.4. The van der Waals surface area contributed by atoms with E-state index in [4.69, 9.17) is 9.47 Å². The van der Waals surface area contributed by atoms with Gasteiger partial charge in [0.05, 0.1) is 30.3 Å². The molecule has 4 rings (SSSR count).